The quantitative estimate of drug-likeness (QED) is 0.671. The Morgan fingerprint density at radius 2 is 2.15 bits per heavy atom. The van der Waals surface area contributed by atoms with Crippen LogP contribution >= 0.6 is 0 Å². The highest BCUT2D eigenvalue weighted by Gasteiger charge is 2.16. The van der Waals surface area contributed by atoms with Crippen LogP contribution in [0, 0.1) is 0 Å². The Morgan fingerprint density at radius 3 is 2.77 bits per heavy atom. The Hall–Kier alpha value is -1.84. The second kappa shape index (κ2) is 2.90. The average Bonchev–Trinajstić information content (AvgIpc) is 2.52. The summed E-state index contributed by atoms with van der Waals surface area (Å²) >= 11 is 0. The Morgan fingerprint density at radius 1 is 1.31 bits per heavy atom. The van der Waals surface area contributed by atoms with E-state index in [0.29, 0.717) is 18.0 Å². The summed E-state index contributed by atoms with van der Waals surface area (Å²) in [5.74, 6) is 0.108. The summed E-state index contributed by atoms with van der Waals surface area (Å²) in [5.41, 5.74) is 0.687. The molecule has 2 N–H and O–H groups in total. The summed E-state index contributed by atoms with van der Waals surface area (Å²) in [5, 5.41) is 18.8. The number of nitrogens with zero attached hydrogens (tertiary/aromatic N) is 2. The van der Waals surface area contributed by atoms with Gasteiger partial charge in [-0.15, -0.1) is 0 Å². The molecule has 0 unspecified atom stereocenters. The zero-order valence-corrected chi connectivity index (χ0v) is 6.81. The first kappa shape index (κ1) is 7.79. The van der Waals surface area contributed by atoms with E-state index in [4.69, 9.17) is 0 Å². The second-order valence-corrected chi connectivity index (χ2v) is 2.65. The van der Waals surface area contributed by atoms with Gasteiger partial charge in [0.15, 0.2) is 0 Å². The molecule has 0 saturated heterocycles. The highest BCUT2D eigenvalue weighted by Crippen LogP contribution is 2.19. The molecule has 1 aliphatic rings. The van der Waals surface area contributed by atoms with Gasteiger partial charge >= 0.3 is 0 Å². The minimum Gasteiger partial charge on any atom is -0.506 e. The van der Waals surface area contributed by atoms with Gasteiger partial charge in [0.05, 0.1) is 6.54 Å². The number of aliphatic hydroxyl groups excluding tert-OH is 1. The third kappa shape index (κ3) is 1.26. The number of rotatable bonds is 1. The molecule has 1 aromatic heterocycles. The molecular weight excluding hydrogens is 168 g/mol. The van der Waals surface area contributed by atoms with E-state index >= 15 is 0 Å². The first-order valence-electron chi connectivity index (χ1n) is 3.87. The van der Waals surface area contributed by atoms with Gasteiger partial charge in [-0.2, -0.15) is 0 Å². The van der Waals surface area contributed by atoms with E-state index in [1.807, 2.05) is 0 Å². The monoisotopic (exact) mass is 176 g/mol. The smallest absolute Gasteiger partial charge is 0.143 e. The van der Waals surface area contributed by atoms with Crippen LogP contribution in [-0.2, 0) is 0 Å². The zero-order valence-electron chi connectivity index (χ0n) is 6.81. The summed E-state index contributed by atoms with van der Waals surface area (Å²) in [6, 6.07) is 3.13. The standard InChI is InChI=1S/C9H8N2O2/c12-6-2-1-4-10-8(6)9-7(13)3-5-11-9/h1-4,12-13H,5H2. The first-order valence-corrected chi connectivity index (χ1v) is 3.87. The molecule has 0 aromatic carbocycles. The summed E-state index contributed by atoms with van der Waals surface area (Å²) in [6.07, 6.45) is 3.12. The summed E-state index contributed by atoms with van der Waals surface area (Å²) < 4.78 is 0. The molecule has 1 aliphatic heterocycles. The molecule has 0 aliphatic carbocycles. The maximum Gasteiger partial charge on any atom is 0.143 e. The molecule has 0 atom stereocenters. The van der Waals surface area contributed by atoms with Gasteiger partial charge < -0.3 is 10.2 Å². The van der Waals surface area contributed by atoms with Gasteiger partial charge in [-0.3, -0.25) is 9.98 Å². The van der Waals surface area contributed by atoms with Gasteiger partial charge in [0.2, 0.25) is 0 Å². The normalized spacial score (nSPS) is 15.4. The van der Waals surface area contributed by atoms with Crippen molar-refractivity contribution in [3.63, 3.8) is 0 Å². The van der Waals surface area contributed by atoms with Crippen molar-refractivity contribution in [3.8, 4) is 5.75 Å². The highest BCUT2D eigenvalue weighted by atomic mass is 16.3. The minimum absolute atomic E-state index is 0.0306. The van der Waals surface area contributed by atoms with Crippen molar-refractivity contribution in [3.05, 3.63) is 35.9 Å². The maximum absolute atomic E-state index is 9.41. The lowest BCUT2D eigenvalue weighted by Gasteiger charge is -2.02. The van der Waals surface area contributed by atoms with Crippen molar-refractivity contribution in [2.75, 3.05) is 6.54 Å². The lowest BCUT2D eigenvalue weighted by Crippen LogP contribution is -2.04. The molecule has 2 heterocycles. The third-order valence-electron chi connectivity index (χ3n) is 1.79. The molecule has 0 fully saturated rings. The summed E-state index contributed by atoms with van der Waals surface area (Å²) in [4.78, 5) is 7.93. The lowest BCUT2D eigenvalue weighted by atomic mass is 10.2. The molecule has 13 heavy (non-hydrogen) atoms. The van der Waals surface area contributed by atoms with Crippen LogP contribution in [0.5, 0.6) is 5.75 Å². The molecule has 4 nitrogen and oxygen atoms in total. The Kier molecular flexibility index (Phi) is 1.73. The maximum atomic E-state index is 9.41. The van der Waals surface area contributed by atoms with Crippen LogP contribution in [-0.4, -0.2) is 27.5 Å². The molecule has 0 amide bonds. The van der Waals surface area contributed by atoms with Crippen molar-refractivity contribution in [2.45, 2.75) is 0 Å². The van der Waals surface area contributed by atoms with Crippen LogP contribution in [0.2, 0.25) is 0 Å². The topological polar surface area (TPSA) is 65.7 Å². The van der Waals surface area contributed by atoms with Crippen LogP contribution in [0.15, 0.2) is 35.2 Å². The van der Waals surface area contributed by atoms with Crippen molar-refractivity contribution >= 4 is 5.71 Å². The Balaban J connectivity index is 2.47. The highest BCUT2D eigenvalue weighted by molar-refractivity contribution is 6.12. The van der Waals surface area contributed by atoms with E-state index in [1.54, 1.807) is 18.3 Å². The summed E-state index contributed by atoms with van der Waals surface area (Å²) in [7, 11) is 0. The fraction of sp³-hybridized carbons (Fsp3) is 0.111. The van der Waals surface area contributed by atoms with E-state index in [-0.39, 0.29) is 11.5 Å². The number of hydrogen-bond acceptors (Lipinski definition) is 4. The van der Waals surface area contributed by atoms with Gasteiger partial charge in [-0.05, 0) is 18.2 Å². The molecule has 0 bridgehead atoms. The largest absolute Gasteiger partial charge is 0.506 e. The zero-order chi connectivity index (χ0) is 9.26. The van der Waals surface area contributed by atoms with Gasteiger partial charge in [0.25, 0.3) is 0 Å². The SMILES string of the molecule is OC1=CCN=C1c1ncccc1O. The molecule has 0 radical (unpaired) electrons. The molecule has 0 spiro atoms. The van der Waals surface area contributed by atoms with Gasteiger partial charge in [-0.25, -0.2) is 0 Å². The Labute approximate surface area is 74.9 Å². The molecule has 66 valence electrons. The number of aliphatic imine (C=N–C) groups is 1. The minimum atomic E-state index is 0.0306. The van der Waals surface area contributed by atoms with Crippen LogP contribution in [0.25, 0.3) is 0 Å². The fourth-order valence-electron chi connectivity index (χ4n) is 1.18. The van der Waals surface area contributed by atoms with E-state index in [2.05, 4.69) is 9.98 Å². The fourth-order valence-corrected chi connectivity index (χ4v) is 1.18. The van der Waals surface area contributed by atoms with Gasteiger partial charge in [-0.1, -0.05) is 0 Å². The van der Waals surface area contributed by atoms with Gasteiger partial charge in [0, 0.05) is 6.20 Å². The Bertz CT molecular complexity index is 396. The molecule has 1 aromatic rings. The van der Waals surface area contributed by atoms with Crippen molar-refractivity contribution in [1.82, 2.24) is 4.98 Å². The average molecular weight is 176 g/mol. The molecule has 0 saturated carbocycles. The second-order valence-electron chi connectivity index (χ2n) is 2.65. The van der Waals surface area contributed by atoms with Crippen LogP contribution in [0.4, 0.5) is 0 Å². The van der Waals surface area contributed by atoms with Crippen molar-refractivity contribution in [2.24, 2.45) is 4.99 Å². The lowest BCUT2D eigenvalue weighted by molar-refractivity contribution is 0.442. The number of pyridine rings is 1. The number of hydrogen-bond donors (Lipinski definition) is 2. The predicted molar refractivity (Wildman–Crippen MR) is 48.0 cm³/mol. The van der Waals surface area contributed by atoms with Crippen LogP contribution in [0.1, 0.15) is 5.69 Å². The van der Waals surface area contributed by atoms with Crippen LogP contribution in [0.3, 0.4) is 0 Å². The predicted octanol–water partition coefficient (Wildman–Crippen LogP) is 1.03. The van der Waals surface area contributed by atoms with Crippen molar-refractivity contribution < 1.29 is 10.2 Å². The molecule has 4 heteroatoms. The van der Waals surface area contributed by atoms with E-state index in [1.165, 1.54) is 6.07 Å². The molecule has 2 rings (SSSR count). The van der Waals surface area contributed by atoms with E-state index in [9.17, 15) is 10.2 Å². The van der Waals surface area contributed by atoms with Gasteiger partial charge in [0.1, 0.15) is 22.9 Å². The molecular formula is C9H8N2O2. The first-order chi connectivity index (χ1) is 6.29. The number of aromatic nitrogens is 1. The number of aliphatic hydroxyl groups is 1. The third-order valence-corrected chi connectivity index (χ3v) is 1.79. The summed E-state index contributed by atoms with van der Waals surface area (Å²) in [6.45, 7) is 0.442. The van der Waals surface area contributed by atoms with Crippen molar-refractivity contribution in [1.29, 1.82) is 0 Å². The van der Waals surface area contributed by atoms with Crippen LogP contribution < -0.4 is 0 Å². The van der Waals surface area contributed by atoms with E-state index < -0.39 is 0 Å². The number of allylic oxidation sites excluding steroid dienone is 1. The van der Waals surface area contributed by atoms with E-state index in [0.717, 1.165) is 0 Å². The number of aromatic hydroxyl groups is 1.